The highest BCUT2D eigenvalue weighted by Gasteiger charge is 2.31. The average Bonchev–Trinajstić information content (AvgIpc) is 3.36. The van der Waals surface area contributed by atoms with E-state index in [-0.39, 0.29) is 29.3 Å². The number of carbonyl (C=O) groups excluding carboxylic acids is 1. The highest BCUT2D eigenvalue weighted by Crippen LogP contribution is 2.46. The standard InChI is InChI=1S/C26H27FN2O6S/c1-4-28(5-2)13-6-7-17-15-18(27)8-10-21(17)29(36(31)32)22-11-9-20-19-12-14-34-23(19)16-35-25(20)24(22)26(30)33-3/h6-12,14-15,36H,4-5,13,16H2,1-3H3. The maximum Gasteiger partial charge on any atom is 0.343 e. The SMILES string of the molecule is CCN(CC)CC=Cc1cc(F)ccc1N(c1ccc2c(c1C(=O)OC)OCc1occc1-2)[SH](=O)=O. The number of fused-ring (bicyclic) bond motifs is 3. The number of likely N-dealkylation sites (N-methyl/N-ethyl adjacent to an activating group) is 1. The number of hydrogen-bond donors (Lipinski definition) is 1. The molecule has 0 aliphatic carbocycles. The van der Waals surface area contributed by atoms with Gasteiger partial charge in [0, 0.05) is 23.2 Å². The third kappa shape index (κ3) is 4.87. The van der Waals surface area contributed by atoms with E-state index in [1.165, 1.54) is 37.6 Å². The average molecular weight is 515 g/mol. The molecule has 2 heterocycles. The van der Waals surface area contributed by atoms with Gasteiger partial charge in [-0.1, -0.05) is 26.0 Å². The first-order valence-corrected chi connectivity index (χ1v) is 12.6. The summed E-state index contributed by atoms with van der Waals surface area (Å²) in [6, 6.07) is 8.72. The minimum Gasteiger partial charge on any atom is -0.484 e. The lowest BCUT2D eigenvalue weighted by Gasteiger charge is -2.26. The fraction of sp³-hybridized carbons (Fsp3) is 0.269. The van der Waals surface area contributed by atoms with Crippen LogP contribution in [0.2, 0.25) is 0 Å². The van der Waals surface area contributed by atoms with Crippen molar-refractivity contribution in [3.8, 4) is 16.9 Å². The summed E-state index contributed by atoms with van der Waals surface area (Å²) in [6.45, 7) is 6.43. The summed E-state index contributed by atoms with van der Waals surface area (Å²) in [5.41, 5.74) is 1.83. The molecule has 0 saturated carbocycles. The van der Waals surface area contributed by atoms with Crippen LogP contribution in [0.15, 0.2) is 53.2 Å². The van der Waals surface area contributed by atoms with Crippen molar-refractivity contribution in [2.45, 2.75) is 20.5 Å². The van der Waals surface area contributed by atoms with E-state index in [4.69, 9.17) is 13.9 Å². The van der Waals surface area contributed by atoms with E-state index in [0.29, 0.717) is 23.4 Å². The van der Waals surface area contributed by atoms with E-state index in [1.54, 1.807) is 18.2 Å². The van der Waals surface area contributed by atoms with E-state index in [2.05, 4.69) is 4.90 Å². The van der Waals surface area contributed by atoms with Gasteiger partial charge in [-0.3, -0.25) is 0 Å². The Balaban J connectivity index is 1.87. The molecule has 0 bridgehead atoms. The third-order valence-corrected chi connectivity index (χ3v) is 6.83. The molecule has 1 aromatic heterocycles. The molecule has 0 amide bonds. The lowest BCUT2D eigenvalue weighted by Crippen LogP contribution is -2.22. The number of nitrogens with zero attached hydrogens (tertiary/aromatic N) is 2. The fourth-order valence-corrected chi connectivity index (χ4v) is 4.91. The van der Waals surface area contributed by atoms with E-state index in [0.717, 1.165) is 23.0 Å². The summed E-state index contributed by atoms with van der Waals surface area (Å²) in [5, 5.41) is 0. The van der Waals surface area contributed by atoms with Crippen LogP contribution >= 0.6 is 0 Å². The fourth-order valence-electron chi connectivity index (χ4n) is 4.21. The molecule has 0 radical (unpaired) electrons. The molecular weight excluding hydrogens is 487 g/mol. The van der Waals surface area contributed by atoms with Crippen LogP contribution in [0, 0.1) is 5.82 Å². The van der Waals surface area contributed by atoms with Gasteiger partial charge in [0.2, 0.25) is 10.9 Å². The van der Waals surface area contributed by atoms with Gasteiger partial charge in [-0.15, -0.1) is 0 Å². The number of halogens is 1. The second-order valence-electron chi connectivity index (χ2n) is 8.02. The highest BCUT2D eigenvalue weighted by atomic mass is 32.2. The Kier molecular flexibility index (Phi) is 7.76. The Bertz CT molecular complexity index is 1370. The van der Waals surface area contributed by atoms with Gasteiger partial charge in [0.15, 0.2) is 0 Å². The zero-order valence-corrected chi connectivity index (χ0v) is 21.1. The summed E-state index contributed by atoms with van der Waals surface area (Å²) >= 11 is 0. The van der Waals surface area contributed by atoms with E-state index in [1.807, 2.05) is 19.9 Å². The van der Waals surface area contributed by atoms with Crippen LogP contribution in [0.4, 0.5) is 15.8 Å². The molecule has 0 saturated heterocycles. The van der Waals surface area contributed by atoms with E-state index >= 15 is 0 Å². The first-order valence-electron chi connectivity index (χ1n) is 11.5. The zero-order valence-electron chi connectivity index (χ0n) is 20.2. The number of carbonyl (C=O) groups is 1. The van der Waals surface area contributed by atoms with Crippen LogP contribution in [0.1, 0.15) is 35.5 Å². The Labute approximate surface area is 210 Å². The molecule has 36 heavy (non-hydrogen) atoms. The third-order valence-electron chi connectivity index (χ3n) is 6.07. The van der Waals surface area contributed by atoms with Crippen molar-refractivity contribution in [3.05, 3.63) is 71.4 Å². The van der Waals surface area contributed by atoms with Crippen molar-refractivity contribution in [1.29, 1.82) is 0 Å². The molecule has 0 spiro atoms. The van der Waals surface area contributed by atoms with Crippen molar-refractivity contribution >= 4 is 34.3 Å². The van der Waals surface area contributed by atoms with Gasteiger partial charge in [0.05, 0.1) is 24.7 Å². The maximum atomic E-state index is 14.2. The number of esters is 1. The van der Waals surface area contributed by atoms with Crippen molar-refractivity contribution in [1.82, 2.24) is 4.90 Å². The monoisotopic (exact) mass is 514 g/mol. The van der Waals surface area contributed by atoms with Gasteiger partial charge in [0.25, 0.3) is 0 Å². The van der Waals surface area contributed by atoms with E-state index < -0.39 is 22.7 Å². The number of hydrogen-bond acceptors (Lipinski definition) is 7. The molecule has 2 aromatic carbocycles. The van der Waals surface area contributed by atoms with Crippen molar-refractivity contribution in [3.63, 3.8) is 0 Å². The van der Waals surface area contributed by atoms with Gasteiger partial charge < -0.3 is 18.8 Å². The molecule has 190 valence electrons. The maximum absolute atomic E-state index is 14.2. The molecule has 0 atom stereocenters. The van der Waals surface area contributed by atoms with E-state index in [9.17, 15) is 17.6 Å². The highest BCUT2D eigenvalue weighted by molar-refractivity contribution is 7.74. The number of ether oxygens (including phenoxy) is 2. The minimum absolute atomic E-state index is 0.0358. The molecule has 1 aliphatic heterocycles. The number of rotatable bonds is 9. The molecule has 0 fully saturated rings. The summed E-state index contributed by atoms with van der Waals surface area (Å²) in [5.74, 6) is -0.499. The van der Waals surface area contributed by atoms with Gasteiger partial charge >= 0.3 is 5.97 Å². The molecule has 8 nitrogen and oxygen atoms in total. The first kappa shape index (κ1) is 25.5. The van der Waals surface area contributed by atoms with Crippen LogP contribution in [0.25, 0.3) is 17.2 Å². The van der Waals surface area contributed by atoms with Crippen LogP contribution in [0.3, 0.4) is 0 Å². The molecule has 10 heteroatoms. The predicted octanol–water partition coefficient (Wildman–Crippen LogP) is 4.78. The van der Waals surface area contributed by atoms with Gasteiger partial charge in [-0.2, -0.15) is 0 Å². The van der Waals surface area contributed by atoms with Crippen molar-refractivity contribution in [2.75, 3.05) is 31.0 Å². The van der Waals surface area contributed by atoms with Crippen molar-refractivity contribution in [2.24, 2.45) is 0 Å². The topological polar surface area (TPSA) is 89.3 Å². The second kappa shape index (κ2) is 11.0. The Morgan fingerprint density at radius 3 is 2.56 bits per heavy atom. The minimum atomic E-state index is -3.29. The van der Waals surface area contributed by atoms with Crippen LogP contribution in [-0.2, 0) is 22.2 Å². The lowest BCUT2D eigenvalue weighted by molar-refractivity contribution is 0.0596. The number of benzene rings is 2. The van der Waals surface area contributed by atoms with Gasteiger partial charge in [-0.05, 0) is 49.5 Å². The first-order chi connectivity index (χ1) is 17.4. The largest absolute Gasteiger partial charge is 0.484 e. The molecule has 0 unspecified atom stereocenters. The molecular formula is C26H27FN2O6S. The van der Waals surface area contributed by atoms with Gasteiger partial charge in [-0.25, -0.2) is 21.9 Å². The molecule has 3 aromatic rings. The smallest absolute Gasteiger partial charge is 0.343 e. The number of thiol groups is 1. The van der Waals surface area contributed by atoms with Crippen LogP contribution < -0.4 is 9.04 Å². The van der Waals surface area contributed by atoms with Crippen LogP contribution in [-0.4, -0.2) is 46.0 Å². The number of furan rings is 1. The number of anilines is 2. The van der Waals surface area contributed by atoms with Crippen molar-refractivity contribution < 1.29 is 31.5 Å². The molecule has 4 rings (SSSR count). The molecule has 0 N–H and O–H groups in total. The summed E-state index contributed by atoms with van der Waals surface area (Å²) in [6.07, 6.45) is 5.04. The Morgan fingerprint density at radius 1 is 1.11 bits per heavy atom. The summed E-state index contributed by atoms with van der Waals surface area (Å²) in [4.78, 5) is 15.1. The zero-order chi connectivity index (χ0) is 25.8. The Hall–Kier alpha value is -3.63. The lowest BCUT2D eigenvalue weighted by atomic mass is 9.98. The summed E-state index contributed by atoms with van der Waals surface area (Å²) < 4.78 is 56.7. The molecule has 1 aliphatic rings. The van der Waals surface area contributed by atoms with Gasteiger partial charge in [0.1, 0.15) is 29.5 Å². The second-order valence-corrected chi connectivity index (χ2v) is 8.89. The van der Waals surface area contributed by atoms with Crippen LogP contribution in [0.5, 0.6) is 5.75 Å². The number of methoxy groups -OCH3 is 1. The predicted molar refractivity (Wildman–Crippen MR) is 135 cm³/mol. The summed E-state index contributed by atoms with van der Waals surface area (Å²) in [7, 11) is -2.09. The Morgan fingerprint density at radius 2 is 1.86 bits per heavy atom. The normalized spacial score (nSPS) is 12.5. The quantitative estimate of drug-likeness (QED) is 0.325.